The molecule has 2 aromatic carbocycles. The molecule has 10 heteroatoms. The quantitative estimate of drug-likeness (QED) is 0.558. The highest BCUT2D eigenvalue weighted by Crippen LogP contribution is 2.48. The summed E-state index contributed by atoms with van der Waals surface area (Å²) in [6.07, 6.45) is -0.345. The lowest BCUT2D eigenvalue weighted by atomic mass is 9.86. The zero-order valence-electron chi connectivity index (χ0n) is 20.7. The van der Waals surface area contributed by atoms with Crippen LogP contribution in [-0.4, -0.2) is 67.1 Å². The summed E-state index contributed by atoms with van der Waals surface area (Å²) in [6.45, 7) is 3.48. The third-order valence-electron chi connectivity index (χ3n) is 7.50. The molecular formula is C27H30FN5O3S. The highest BCUT2D eigenvalue weighted by molar-refractivity contribution is 8.04. The first kappa shape index (κ1) is 24.3. The van der Waals surface area contributed by atoms with E-state index in [0.717, 1.165) is 30.0 Å². The number of thioether (sulfide) groups is 1. The molecule has 5 atom stereocenters. The van der Waals surface area contributed by atoms with Crippen LogP contribution >= 0.6 is 11.8 Å². The largest absolute Gasteiger partial charge is 0.457 e. The van der Waals surface area contributed by atoms with Crippen LogP contribution in [0.5, 0.6) is 11.5 Å². The van der Waals surface area contributed by atoms with Crippen LogP contribution in [-0.2, 0) is 4.79 Å². The monoisotopic (exact) mass is 523 g/mol. The van der Waals surface area contributed by atoms with Gasteiger partial charge in [-0.15, -0.1) is 0 Å². The van der Waals surface area contributed by atoms with E-state index in [1.54, 1.807) is 0 Å². The first-order valence-electron chi connectivity index (χ1n) is 12.6. The number of hydrogen-bond acceptors (Lipinski definition) is 6. The van der Waals surface area contributed by atoms with Crippen LogP contribution in [0.2, 0.25) is 0 Å². The van der Waals surface area contributed by atoms with Gasteiger partial charge in [-0.2, -0.15) is 0 Å². The van der Waals surface area contributed by atoms with Crippen molar-refractivity contribution < 1.29 is 18.7 Å². The molecular weight excluding hydrogens is 493 g/mol. The lowest BCUT2D eigenvalue weighted by molar-refractivity contribution is -0.117. The van der Waals surface area contributed by atoms with E-state index in [1.165, 1.54) is 11.8 Å². The Hall–Kier alpha value is -3.08. The molecule has 4 aliphatic rings. The summed E-state index contributed by atoms with van der Waals surface area (Å²) < 4.78 is 20.3. The number of rotatable bonds is 5. The topological polar surface area (TPSA) is 85.9 Å². The second kappa shape index (κ2) is 9.66. The molecule has 0 aromatic heterocycles. The van der Waals surface area contributed by atoms with Gasteiger partial charge in [0.05, 0.1) is 22.4 Å². The van der Waals surface area contributed by atoms with Crippen LogP contribution in [0.15, 0.2) is 59.1 Å². The fourth-order valence-corrected chi connectivity index (χ4v) is 7.21. The minimum absolute atomic E-state index is 0.0361. The van der Waals surface area contributed by atoms with Crippen molar-refractivity contribution in [2.24, 2.45) is 5.92 Å². The van der Waals surface area contributed by atoms with Crippen molar-refractivity contribution in [3.05, 3.63) is 64.7 Å². The molecule has 0 radical (unpaired) electrons. The van der Waals surface area contributed by atoms with E-state index in [-0.39, 0.29) is 29.3 Å². The molecule has 0 bridgehead atoms. The number of amides is 3. The Balaban J connectivity index is 1.25. The fraction of sp³-hybridized carbons (Fsp3) is 0.407. The summed E-state index contributed by atoms with van der Waals surface area (Å²) in [7, 11) is 1.84. The molecule has 3 N–H and O–H groups in total. The van der Waals surface area contributed by atoms with E-state index >= 15 is 0 Å². The standard InChI is InChI=1S/C27H30FN5O3S/c1-15-12-17(36-16-6-4-3-5-7-16)8-9-20(15)33-21-10-11-29-26-22(21)23(31-27(33)35)24(37-26)25(34)30-19-14-32(2)13-18(19)28/h3-9,12,18-19,21-22,26,29H,10-11,13-14H2,1-2H3,(H,30,34)(H,31,35)/t18-,19-,21?,22?,26?/m0/s1. The van der Waals surface area contributed by atoms with Crippen molar-refractivity contribution in [3.63, 3.8) is 0 Å². The molecule has 0 aliphatic carbocycles. The van der Waals surface area contributed by atoms with Gasteiger partial charge >= 0.3 is 6.03 Å². The molecule has 3 unspecified atom stereocenters. The number of alkyl halides is 1. The van der Waals surface area contributed by atoms with Gasteiger partial charge in [-0.25, -0.2) is 9.18 Å². The molecule has 8 nitrogen and oxygen atoms in total. The van der Waals surface area contributed by atoms with Crippen molar-refractivity contribution in [2.75, 3.05) is 31.6 Å². The number of anilines is 1. The van der Waals surface area contributed by atoms with Crippen LogP contribution in [0.3, 0.4) is 0 Å². The second-order valence-corrected chi connectivity index (χ2v) is 11.2. The number of nitrogens with one attached hydrogen (secondary N) is 3. The minimum Gasteiger partial charge on any atom is -0.457 e. The van der Waals surface area contributed by atoms with E-state index in [2.05, 4.69) is 16.0 Å². The molecule has 0 saturated carbocycles. The summed E-state index contributed by atoms with van der Waals surface area (Å²) in [5.41, 5.74) is 2.39. The maximum Gasteiger partial charge on any atom is 0.326 e. The third kappa shape index (κ3) is 4.47. The van der Waals surface area contributed by atoms with Crippen molar-refractivity contribution in [2.45, 2.75) is 37.0 Å². The van der Waals surface area contributed by atoms with Gasteiger partial charge in [-0.05, 0) is 62.8 Å². The highest BCUT2D eigenvalue weighted by atomic mass is 32.2. The summed E-state index contributed by atoms with van der Waals surface area (Å²) in [5, 5.41) is 9.36. The number of urea groups is 1. The fourth-order valence-electron chi connectivity index (χ4n) is 5.81. The Kier molecular flexibility index (Phi) is 6.34. The van der Waals surface area contributed by atoms with E-state index in [0.29, 0.717) is 29.4 Å². The number of carbonyl (C=O) groups excluding carboxylic acids is 2. The maximum atomic E-state index is 14.3. The predicted octanol–water partition coefficient (Wildman–Crippen LogP) is 3.35. The third-order valence-corrected chi connectivity index (χ3v) is 8.86. The summed E-state index contributed by atoms with van der Waals surface area (Å²) in [5.74, 6) is 1.07. The molecule has 194 valence electrons. The number of para-hydroxylation sites is 1. The Morgan fingerprint density at radius 3 is 2.70 bits per heavy atom. The lowest BCUT2D eigenvalue weighted by Gasteiger charge is -2.46. The number of carbonyl (C=O) groups is 2. The van der Waals surface area contributed by atoms with E-state index in [9.17, 15) is 14.0 Å². The van der Waals surface area contributed by atoms with Gasteiger partial charge in [0.2, 0.25) is 0 Å². The number of ether oxygens (including phenoxy) is 1. The Bertz CT molecular complexity index is 1260. The lowest BCUT2D eigenvalue weighted by Crippen LogP contribution is -2.62. The van der Waals surface area contributed by atoms with Gasteiger partial charge in [0.1, 0.15) is 17.7 Å². The summed E-state index contributed by atoms with van der Waals surface area (Å²) in [6, 6.07) is 14.4. The Labute approximate surface area is 219 Å². The highest BCUT2D eigenvalue weighted by Gasteiger charge is 2.52. The number of likely N-dealkylation sites (tertiary alicyclic amines) is 1. The van der Waals surface area contributed by atoms with Gasteiger partial charge in [0.15, 0.2) is 0 Å². The molecule has 2 aromatic rings. The van der Waals surface area contributed by atoms with Crippen LogP contribution in [0.4, 0.5) is 14.9 Å². The Morgan fingerprint density at radius 2 is 1.97 bits per heavy atom. The molecule has 6 rings (SSSR count). The molecule has 37 heavy (non-hydrogen) atoms. The van der Waals surface area contributed by atoms with Gasteiger partial charge in [-0.3, -0.25) is 9.69 Å². The van der Waals surface area contributed by atoms with E-state index < -0.39 is 12.2 Å². The minimum atomic E-state index is -1.10. The summed E-state index contributed by atoms with van der Waals surface area (Å²) in [4.78, 5) is 30.9. The average Bonchev–Trinajstić information content (AvgIpc) is 3.40. The smallest absolute Gasteiger partial charge is 0.326 e. The van der Waals surface area contributed by atoms with Crippen LogP contribution in [0.1, 0.15) is 12.0 Å². The number of likely N-dealkylation sites (N-methyl/N-ethyl adjacent to an activating group) is 1. The van der Waals surface area contributed by atoms with E-state index in [1.807, 2.05) is 72.3 Å². The molecule has 0 spiro atoms. The number of piperidine rings is 1. The predicted molar refractivity (Wildman–Crippen MR) is 141 cm³/mol. The zero-order valence-corrected chi connectivity index (χ0v) is 21.6. The molecule has 4 aliphatic heterocycles. The van der Waals surface area contributed by atoms with Crippen molar-refractivity contribution >= 4 is 29.4 Å². The number of aryl methyl sites for hydroxylation is 1. The number of benzene rings is 2. The number of nitrogens with zero attached hydrogens (tertiary/aromatic N) is 2. The summed E-state index contributed by atoms with van der Waals surface area (Å²) >= 11 is 1.43. The normalized spacial score (nSPS) is 29.2. The number of hydrogen-bond donors (Lipinski definition) is 3. The zero-order chi connectivity index (χ0) is 25.7. The first-order valence-corrected chi connectivity index (χ1v) is 13.5. The van der Waals surface area contributed by atoms with Gasteiger partial charge in [0.25, 0.3) is 5.91 Å². The van der Waals surface area contributed by atoms with Crippen molar-refractivity contribution in [1.82, 2.24) is 20.9 Å². The Morgan fingerprint density at radius 1 is 1.16 bits per heavy atom. The van der Waals surface area contributed by atoms with Crippen LogP contribution in [0, 0.1) is 12.8 Å². The van der Waals surface area contributed by atoms with Gasteiger partial charge in [-0.1, -0.05) is 30.0 Å². The van der Waals surface area contributed by atoms with Gasteiger partial charge < -0.3 is 25.6 Å². The van der Waals surface area contributed by atoms with Gasteiger partial charge in [0, 0.05) is 30.4 Å². The number of halogens is 1. The van der Waals surface area contributed by atoms with Crippen LogP contribution in [0.25, 0.3) is 0 Å². The van der Waals surface area contributed by atoms with Crippen LogP contribution < -0.4 is 25.6 Å². The molecule has 4 heterocycles. The van der Waals surface area contributed by atoms with Crippen molar-refractivity contribution in [3.8, 4) is 11.5 Å². The van der Waals surface area contributed by atoms with E-state index in [4.69, 9.17) is 4.74 Å². The average molecular weight is 524 g/mol. The second-order valence-electron chi connectivity index (χ2n) is 10.1. The first-order chi connectivity index (χ1) is 17.9. The SMILES string of the molecule is Cc1cc(Oc2ccccc2)ccc1N1C(=O)NC2=C(C(=O)N[C@H]3CN(C)C[C@@H]3F)SC3NCCC1C23. The maximum absolute atomic E-state index is 14.3. The molecule has 3 fully saturated rings. The van der Waals surface area contributed by atoms with Crippen molar-refractivity contribution in [1.29, 1.82) is 0 Å². The molecule has 3 amide bonds. The molecule has 3 saturated heterocycles.